The van der Waals surface area contributed by atoms with E-state index in [0.29, 0.717) is 0 Å². The Kier molecular flexibility index (Phi) is 3.57. The second-order valence-corrected chi connectivity index (χ2v) is 5.95. The monoisotopic (exact) mass is 339 g/mol. The molecular weight excluding hydrogens is 326 g/mol. The molecule has 5 atom stereocenters. The second kappa shape index (κ2) is 5.21. The number of H-pyrrole nitrogens is 1. The molecule has 1 aliphatic rings. The molecule has 1 saturated heterocycles. The first kappa shape index (κ1) is 15.8. The van der Waals surface area contributed by atoms with Gasteiger partial charge < -0.3 is 20.7 Å². The summed E-state index contributed by atoms with van der Waals surface area (Å²) in [6, 6.07) is 0. The Hall–Kier alpha value is -2.12. The van der Waals surface area contributed by atoms with Gasteiger partial charge in [0.05, 0.1) is 12.4 Å². The highest BCUT2D eigenvalue weighted by molar-refractivity contribution is 6.27. The smallest absolute Gasteiger partial charge is 0.280 e. The summed E-state index contributed by atoms with van der Waals surface area (Å²) in [5, 5.41) is 20.1. The Labute approximate surface area is 135 Å². The van der Waals surface area contributed by atoms with Crippen molar-refractivity contribution in [3.05, 3.63) is 16.7 Å². The minimum atomic E-state index is -1.67. The van der Waals surface area contributed by atoms with Crippen LogP contribution in [0.2, 0.25) is 0 Å². The van der Waals surface area contributed by atoms with Crippen LogP contribution in [0.3, 0.4) is 0 Å². The second-order valence-electron chi connectivity index (χ2n) is 5.33. The summed E-state index contributed by atoms with van der Waals surface area (Å²) in [6.07, 6.45) is 2.28. The number of nitrogens with one attached hydrogen (secondary N) is 1. The summed E-state index contributed by atoms with van der Waals surface area (Å²) in [5.74, 6) is 2.18. The topological polar surface area (TPSA) is 139 Å². The number of hydrogen-bond donors (Lipinski definition) is 4. The largest absolute Gasteiger partial charge is 0.391 e. The van der Waals surface area contributed by atoms with Crippen LogP contribution in [-0.4, -0.2) is 52.9 Å². The first-order chi connectivity index (χ1) is 10.8. The van der Waals surface area contributed by atoms with Gasteiger partial charge in [0.25, 0.3) is 5.56 Å². The fraction of sp³-hybridized carbons (Fsp3) is 0.462. The number of fused-ring (bicyclic) bond motifs is 1. The maximum absolute atomic E-state index is 11.8. The normalized spacial score (nSPS) is 32.0. The summed E-state index contributed by atoms with van der Waals surface area (Å²) in [6.45, 7) is 1.44. The lowest BCUT2D eigenvalue weighted by Gasteiger charge is -2.25. The molecule has 1 fully saturated rings. The van der Waals surface area contributed by atoms with Crippen molar-refractivity contribution in [3.63, 3.8) is 0 Å². The minimum absolute atomic E-state index is 0.0221. The lowest BCUT2D eigenvalue weighted by atomic mass is 9.97. The number of aromatic amines is 1. The number of alkyl halides is 1. The van der Waals surface area contributed by atoms with Gasteiger partial charge in [-0.05, 0) is 6.92 Å². The van der Waals surface area contributed by atoms with Gasteiger partial charge in [0, 0.05) is 0 Å². The van der Waals surface area contributed by atoms with Gasteiger partial charge in [0.2, 0.25) is 5.95 Å². The van der Waals surface area contributed by atoms with E-state index in [-0.39, 0.29) is 17.1 Å². The Morgan fingerprint density at radius 2 is 2.39 bits per heavy atom. The molecule has 9 nitrogen and oxygen atoms in total. The van der Waals surface area contributed by atoms with E-state index in [1.807, 2.05) is 0 Å². The van der Waals surface area contributed by atoms with E-state index in [2.05, 4.69) is 20.9 Å². The van der Waals surface area contributed by atoms with Gasteiger partial charge in [-0.25, -0.2) is 4.98 Å². The molecule has 23 heavy (non-hydrogen) atoms. The average Bonchev–Trinajstić information content (AvgIpc) is 3.00. The predicted molar refractivity (Wildman–Crippen MR) is 81.6 cm³/mol. The molecular formula is C13H14ClN5O4. The molecule has 3 heterocycles. The van der Waals surface area contributed by atoms with E-state index >= 15 is 0 Å². The first-order valence-electron chi connectivity index (χ1n) is 6.70. The highest BCUT2D eigenvalue weighted by Gasteiger charge is 2.57. The van der Waals surface area contributed by atoms with Gasteiger partial charge in [-0.1, -0.05) is 17.5 Å². The number of nitrogens with two attached hydrogens (primary N) is 1. The lowest BCUT2D eigenvalue weighted by molar-refractivity contribution is -0.0752. The number of rotatable bonds is 2. The molecule has 10 heteroatoms. The van der Waals surface area contributed by atoms with Crippen LogP contribution in [0, 0.1) is 12.3 Å². The molecule has 2 aromatic rings. The van der Waals surface area contributed by atoms with Gasteiger partial charge in [-0.3, -0.25) is 14.3 Å². The molecule has 1 unspecified atom stereocenters. The number of terminal acetylenes is 1. The van der Waals surface area contributed by atoms with Crippen LogP contribution in [0.4, 0.5) is 5.95 Å². The van der Waals surface area contributed by atoms with Crippen molar-refractivity contribution in [2.75, 3.05) is 5.73 Å². The first-order valence-corrected chi connectivity index (χ1v) is 7.08. The van der Waals surface area contributed by atoms with Crippen molar-refractivity contribution in [1.29, 1.82) is 0 Å². The van der Waals surface area contributed by atoms with Gasteiger partial charge in [0.1, 0.15) is 12.2 Å². The summed E-state index contributed by atoms with van der Waals surface area (Å²) in [4.78, 5) is 20.4. The third kappa shape index (κ3) is 2.19. The van der Waals surface area contributed by atoms with Crippen molar-refractivity contribution >= 4 is 28.7 Å². The molecule has 1 aliphatic heterocycles. The minimum Gasteiger partial charge on any atom is -0.391 e. The SMILES string of the molecule is C#CC1(Cl)[C@@H](O)[C@@H]([C@@H](C)O)O[C@H]1n1cnc2c(=O)[nH]c(N)nc21. The third-order valence-corrected chi connectivity index (χ3v) is 4.31. The molecule has 0 bridgehead atoms. The molecule has 0 aliphatic carbocycles. The van der Waals surface area contributed by atoms with Gasteiger partial charge in [-0.2, -0.15) is 4.98 Å². The number of imidazole rings is 1. The van der Waals surface area contributed by atoms with Crippen molar-refractivity contribution < 1.29 is 14.9 Å². The Bertz CT molecular complexity index is 856. The van der Waals surface area contributed by atoms with E-state index in [4.69, 9.17) is 28.5 Å². The molecule has 0 amide bonds. The summed E-state index contributed by atoms with van der Waals surface area (Å²) >= 11 is 6.37. The molecule has 3 rings (SSSR count). The number of ether oxygens (including phenoxy) is 1. The number of nitrogen functional groups attached to an aromatic ring is 1. The average molecular weight is 340 g/mol. The zero-order valence-corrected chi connectivity index (χ0v) is 12.7. The van der Waals surface area contributed by atoms with E-state index in [9.17, 15) is 15.0 Å². The number of halogens is 1. The van der Waals surface area contributed by atoms with Gasteiger partial charge in [0.15, 0.2) is 22.3 Å². The Morgan fingerprint density at radius 1 is 1.70 bits per heavy atom. The zero-order valence-electron chi connectivity index (χ0n) is 12.0. The van der Waals surface area contributed by atoms with Crippen molar-refractivity contribution in [2.45, 2.75) is 36.3 Å². The Balaban J connectivity index is 2.18. The number of hydrogen-bond acceptors (Lipinski definition) is 7. The highest BCUT2D eigenvalue weighted by atomic mass is 35.5. The number of anilines is 1. The summed E-state index contributed by atoms with van der Waals surface area (Å²) < 4.78 is 6.95. The standard InChI is InChI=1S/C13H14ClN5O4/c1-3-13(14)8(21)7(5(2)20)23-11(13)19-4-16-6-9(19)17-12(15)18-10(6)22/h1,4-5,7-8,11,20-21H,2H3,(H3,15,17,18,22)/t5-,7-,8+,11-,13?/m1/s1. The van der Waals surface area contributed by atoms with Crippen LogP contribution in [0.25, 0.3) is 11.2 Å². The lowest BCUT2D eigenvalue weighted by Crippen LogP contribution is -2.43. The molecule has 0 radical (unpaired) electrons. The van der Waals surface area contributed by atoms with Crippen molar-refractivity contribution in [1.82, 2.24) is 19.5 Å². The quantitative estimate of drug-likeness (QED) is 0.404. The highest BCUT2D eigenvalue weighted by Crippen LogP contribution is 2.44. The van der Waals surface area contributed by atoms with Gasteiger partial charge in [-0.15, -0.1) is 6.42 Å². The Morgan fingerprint density at radius 3 is 3.00 bits per heavy atom. The van der Waals surface area contributed by atoms with Crippen molar-refractivity contribution in [3.8, 4) is 12.3 Å². The number of nitrogens with zero attached hydrogens (tertiary/aromatic N) is 3. The fourth-order valence-corrected chi connectivity index (χ4v) is 2.91. The zero-order chi connectivity index (χ0) is 16.9. The number of aliphatic hydroxyl groups is 2. The van der Waals surface area contributed by atoms with Crippen molar-refractivity contribution in [2.24, 2.45) is 0 Å². The maximum atomic E-state index is 11.8. The third-order valence-electron chi connectivity index (χ3n) is 3.79. The molecule has 122 valence electrons. The summed E-state index contributed by atoms with van der Waals surface area (Å²) in [7, 11) is 0. The fourth-order valence-electron chi connectivity index (χ4n) is 2.62. The van der Waals surface area contributed by atoms with E-state index in [0.717, 1.165) is 0 Å². The van der Waals surface area contributed by atoms with E-state index < -0.39 is 35.0 Å². The number of aliphatic hydroxyl groups excluding tert-OH is 2. The summed E-state index contributed by atoms with van der Waals surface area (Å²) in [5.41, 5.74) is 5.14. The van der Waals surface area contributed by atoms with Crippen LogP contribution in [0.15, 0.2) is 11.1 Å². The van der Waals surface area contributed by atoms with Crippen LogP contribution in [0.5, 0.6) is 0 Å². The van der Waals surface area contributed by atoms with Gasteiger partial charge >= 0.3 is 0 Å². The molecule has 5 N–H and O–H groups in total. The van der Waals surface area contributed by atoms with E-state index in [1.54, 1.807) is 0 Å². The molecule has 0 saturated carbocycles. The molecule has 2 aromatic heterocycles. The van der Waals surface area contributed by atoms with Crippen LogP contribution < -0.4 is 11.3 Å². The van der Waals surface area contributed by atoms with Crippen LogP contribution in [-0.2, 0) is 4.74 Å². The van der Waals surface area contributed by atoms with Crippen LogP contribution in [0.1, 0.15) is 13.2 Å². The van der Waals surface area contributed by atoms with Crippen LogP contribution >= 0.6 is 11.6 Å². The predicted octanol–water partition coefficient (Wildman–Crippen LogP) is -1.05. The number of aromatic nitrogens is 4. The maximum Gasteiger partial charge on any atom is 0.280 e. The van der Waals surface area contributed by atoms with E-state index in [1.165, 1.54) is 17.8 Å². The molecule has 0 spiro atoms. The molecule has 0 aromatic carbocycles.